The fourth-order valence-corrected chi connectivity index (χ4v) is 2.23. The van der Waals surface area contributed by atoms with Crippen LogP contribution in [0, 0.1) is 5.41 Å². The van der Waals surface area contributed by atoms with Gasteiger partial charge in [0, 0.05) is 26.5 Å². The van der Waals surface area contributed by atoms with Crippen LogP contribution in [-0.2, 0) is 10.2 Å². The average molecular weight is 262 g/mol. The average Bonchev–Trinajstić information content (AvgIpc) is 3.14. The van der Waals surface area contributed by atoms with E-state index < -0.39 is 0 Å². The molecule has 0 saturated heterocycles. The van der Waals surface area contributed by atoms with E-state index in [1.165, 1.54) is 18.4 Å². The molecular weight excluding hydrogens is 236 g/mol. The maximum Gasteiger partial charge on any atom is 0.125 e. The lowest BCUT2D eigenvalue weighted by Crippen LogP contribution is -2.18. The highest BCUT2D eigenvalue weighted by atomic mass is 16.5. The zero-order valence-corrected chi connectivity index (χ0v) is 12.6. The van der Waals surface area contributed by atoms with E-state index in [0.717, 1.165) is 25.4 Å². The Bertz CT molecular complexity index is 402. The Morgan fingerprint density at radius 3 is 2.53 bits per heavy atom. The number of nitrogens with one attached hydrogen (secondary N) is 1. The van der Waals surface area contributed by atoms with Gasteiger partial charge in [0.05, 0.1) is 0 Å². The van der Waals surface area contributed by atoms with Crippen LogP contribution in [0.3, 0.4) is 0 Å². The van der Waals surface area contributed by atoms with Crippen molar-refractivity contribution >= 4 is 5.82 Å². The predicted octanol–water partition coefficient (Wildman–Crippen LogP) is 3.61. The van der Waals surface area contributed by atoms with Crippen molar-refractivity contribution < 1.29 is 4.74 Å². The number of hydrogen-bond acceptors (Lipinski definition) is 3. The van der Waals surface area contributed by atoms with Crippen LogP contribution in [0.5, 0.6) is 0 Å². The van der Waals surface area contributed by atoms with Gasteiger partial charge in [0.2, 0.25) is 0 Å². The number of methoxy groups -OCH3 is 1. The zero-order chi connectivity index (χ0) is 13.9. The molecule has 1 aliphatic rings. The van der Waals surface area contributed by atoms with Crippen LogP contribution in [-0.4, -0.2) is 25.2 Å². The summed E-state index contributed by atoms with van der Waals surface area (Å²) >= 11 is 0. The van der Waals surface area contributed by atoms with Crippen molar-refractivity contribution in [3.05, 3.63) is 23.9 Å². The molecule has 1 fully saturated rings. The highest BCUT2D eigenvalue weighted by Crippen LogP contribution is 2.48. The van der Waals surface area contributed by atoms with E-state index in [9.17, 15) is 0 Å². The minimum Gasteiger partial charge on any atom is -0.385 e. The molecule has 3 nitrogen and oxygen atoms in total. The van der Waals surface area contributed by atoms with Crippen molar-refractivity contribution in [3.8, 4) is 0 Å². The molecule has 0 aromatic carbocycles. The first-order valence-electron chi connectivity index (χ1n) is 7.15. The van der Waals surface area contributed by atoms with Crippen molar-refractivity contribution in [2.45, 2.75) is 45.4 Å². The Kier molecular flexibility index (Phi) is 4.14. The number of nitrogens with zero attached hydrogens (tertiary/aromatic N) is 1. The quantitative estimate of drug-likeness (QED) is 0.850. The van der Waals surface area contributed by atoms with E-state index in [1.54, 1.807) is 7.11 Å². The SMILES string of the molecule is COCCC1(CNc2ccc(C(C)(C)C)cn2)CC1. The van der Waals surface area contributed by atoms with Gasteiger partial charge < -0.3 is 10.1 Å². The smallest absolute Gasteiger partial charge is 0.125 e. The maximum atomic E-state index is 5.18. The predicted molar refractivity (Wildman–Crippen MR) is 79.6 cm³/mol. The maximum absolute atomic E-state index is 5.18. The topological polar surface area (TPSA) is 34.1 Å². The summed E-state index contributed by atoms with van der Waals surface area (Å²) in [6.07, 6.45) is 5.75. The normalized spacial score (nSPS) is 17.3. The Morgan fingerprint density at radius 2 is 2.05 bits per heavy atom. The summed E-state index contributed by atoms with van der Waals surface area (Å²) in [6.45, 7) is 8.50. The van der Waals surface area contributed by atoms with Gasteiger partial charge in [-0.3, -0.25) is 0 Å². The Morgan fingerprint density at radius 1 is 1.32 bits per heavy atom. The minimum absolute atomic E-state index is 0.168. The van der Waals surface area contributed by atoms with Crippen LogP contribution in [0.1, 0.15) is 45.6 Å². The van der Waals surface area contributed by atoms with E-state index in [4.69, 9.17) is 4.74 Å². The first-order chi connectivity index (χ1) is 8.95. The molecule has 1 heterocycles. The van der Waals surface area contributed by atoms with Crippen molar-refractivity contribution in [3.63, 3.8) is 0 Å². The summed E-state index contributed by atoms with van der Waals surface area (Å²) in [5.74, 6) is 0.983. The molecule has 1 aromatic rings. The summed E-state index contributed by atoms with van der Waals surface area (Å²) < 4.78 is 5.18. The van der Waals surface area contributed by atoms with Crippen LogP contribution in [0.25, 0.3) is 0 Å². The highest BCUT2D eigenvalue weighted by molar-refractivity contribution is 5.37. The first-order valence-corrected chi connectivity index (χ1v) is 7.15. The molecule has 0 spiro atoms. The molecule has 1 aromatic heterocycles. The first kappa shape index (κ1) is 14.3. The fourth-order valence-electron chi connectivity index (χ4n) is 2.23. The van der Waals surface area contributed by atoms with Gasteiger partial charge in [0.15, 0.2) is 0 Å². The number of aromatic nitrogens is 1. The van der Waals surface area contributed by atoms with Crippen LogP contribution in [0.4, 0.5) is 5.82 Å². The molecule has 0 unspecified atom stereocenters. The molecule has 19 heavy (non-hydrogen) atoms. The molecule has 0 aliphatic heterocycles. The number of rotatable bonds is 6. The largest absolute Gasteiger partial charge is 0.385 e. The van der Waals surface area contributed by atoms with Crippen LogP contribution >= 0.6 is 0 Å². The molecule has 0 amide bonds. The third-order valence-corrected chi connectivity index (χ3v) is 4.07. The Labute approximate surface area is 116 Å². The molecule has 1 saturated carbocycles. The zero-order valence-electron chi connectivity index (χ0n) is 12.6. The van der Waals surface area contributed by atoms with Crippen LogP contribution in [0.15, 0.2) is 18.3 Å². The lowest BCUT2D eigenvalue weighted by molar-refractivity contribution is 0.175. The number of anilines is 1. The molecule has 1 N–H and O–H groups in total. The van der Waals surface area contributed by atoms with E-state index in [0.29, 0.717) is 5.41 Å². The van der Waals surface area contributed by atoms with E-state index in [-0.39, 0.29) is 5.41 Å². The molecule has 0 bridgehead atoms. The third-order valence-electron chi connectivity index (χ3n) is 4.07. The number of ether oxygens (including phenoxy) is 1. The Hall–Kier alpha value is -1.09. The lowest BCUT2D eigenvalue weighted by atomic mass is 9.88. The molecule has 0 radical (unpaired) electrons. The van der Waals surface area contributed by atoms with E-state index in [1.807, 2.05) is 6.20 Å². The van der Waals surface area contributed by atoms with Crippen molar-refractivity contribution in [2.75, 3.05) is 25.6 Å². The second-order valence-electron chi connectivity index (χ2n) is 6.78. The van der Waals surface area contributed by atoms with Gasteiger partial charge in [0.25, 0.3) is 0 Å². The van der Waals surface area contributed by atoms with Crippen molar-refractivity contribution in [1.82, 2.24) is 4.98 Å². The van der Waals surface area contributed by atoms with Gasteiger partial charge in [-0.15, -0.1) is 0 Å². The molecule has 1 aliphatic carbocycles. The summed E-state index contributed by atoms with van der Waals surface area (Å²) in [5.41, 5.74) is 1.90. The summed E-state index contributed by atoms with van der Waals surface area (Å²) in [7, 11) is 1.77. The van der Waals surface area contributed by atoms with E-state index >= 15 is 0 Å². The van der Waals surface area contributed by atoms with Crippen molar-refractivity contribution in [2.24, 2.45) is 5.41 Å². The molecule has 2 rings (SSSR count). The molecule has 0 atom stereocenters. The van der Waals surface area contributed by atoms with Gasteiger partial charge >= 0.3 is 0 Å². The van der Waals surface area contributed by atoms with E-state index in [2.05, 4.69) is 43.2 Å². The standard InChI is InChI=1S/C16H26N2O/c1-15(2,3)13-5-6-14(17-11-13)18-12-16(7-8-16)9-10-19-4/h5-6,11H,7-10,12H2,1-4H3,(H,17,18). The summed E-state index contributed by atoms with van der Waals surface area (Å²) in [4.78, 5) is 4.51. The second kappa shape index (κ2) is 5.49. The summed E-state index contributed by atoms with van der Waals surface area (Å²) in [5, 5.41) is 3.47. The molecule has 3 heteroatoms. The van der Waals surface area contributed by atoms with Crippen LogP contribution in [0.2, 0.25) is 0 Å². The van der Waals surface area contributed by atoms with Gasteiger partial charge in [-0.25, -0.2) is 4.98 Å². The molecule has 106 valence electrons. The van der Waals surface area contributed by atoms with Gasteiger partial charge in [-0.1, -0.05) is 26.8 Å². The van der Waals surface area contributed by atoms with Gasteiger partial charge in [-0.05, 0) is 41.7 Å². The van der Waals surface area contributed by atoms with Gasteiger partial charge in [0.1, 0.15) is 5.82 Å². The van der Waals surface area contributed by atoms with Gasteiger partial charge in [-0.2, -0.15) is 0 Å². The van der Waals surface area contributed by atoms with Crippen LogP contribution < -0.4 is 5.32 Å². The van der Waals surface area contributed by atoms with Crippen molar-refractivity contribution in [1.29, 1.82) is 0 Å². The molecular formula is C16H26N2O. The number of hydrogen-bond donors (Lipinski definition) is 1. The summed E-state index contributed by atoms with van der Waals surface area (Å²) in [6, 6.07) is 4.26. The lowest BCUT2D eigenvalue weighted by Gasteiger charge is -2.19. The number of pyridine rings is 1. The second-order valence-corrected chi connectivity index (χ2v) is 6.78. The highest BCUT2D eigenvalue weighted by Gasteiger charge is 2.41. The minimum atomic E-state index is 0.168. The monoisotopic (exact) mass is 262 g/mol. The third kappa shape index (κ3) is 3.93. The fraction of sp³-hybridized carbons (Fsp3) is 0.688. The Balaban J connectivity index is 1.87.